The first-order valence-corrected chi connectivity index (χ1v) is 7.76. The number of rotatable bonds is 5. The fraction of sp³-hybridized carbons (Fsp3) is 0.333. The quantitative estimate of drug-likeness (QED) is 0.625. The number of hydrogen-bond acceptors (Lipinski definition) is 4. The van der Waals surface area contributed by atoms with Crippen LogP contribution >= 0.6 is 0 Å². The van der Waals surface area contributed by atoms with Gasteiger partial charge < -0.3 is 4.74 Å². The molecule has 5 heteroatoms. The Kier molecular flexibility index (Phi) is 4.57. The summed E-state index contributed by atoms with van der Waals surface area (Å²) in [4.78, 5) is 13.4. The fourth-order valence-electron chi connectivity index (χ4n) is 3.23. The topological polar surface area (TPSA) is 55.6 Å². The van der Waals surface area contributed by atoms with Crippen LogP contribution in [0.4, 0.5) is 5.69 Å². The second kappa shape index (κ2) is 6.79. The molecule has 2 aromatic carbocycles. The van der Waals surface area contributed by atoms with Crippen LogP contribution in [0.2, 0.25) is 0 Å². The Morgan fingerprint density at radius 1 is 1.26 bits per heavy atom. The van der Waals surface area contributed by atoms with E-state index in [4.69, 9.17) is 4.74 Å². The summed E-state index contributed by atoms with van der Waals surface area (Å²) in [6.45, 7) is 2.70. The largest absolute Gasteiger partial charge is 0.497 e. The van der Waals surface area contributed by atoms with Gasteiger partial charge in [0.1, 0.15) is 5.75 Å². The van der Waals surface area contributed by atoms with Crippen LogP contribution < -0.4 is 4.74 Å². The first kappa shape index (κ1) is 15.5. The summed E-state index contributed by atoms with van der Waals surface area (Å²) in [7, 11) is 1.52. The third-order valence-corrected chi connectivity index (χ3v) is 4.40. The molecule has 1 aliphatic heterocycles. The summed E-state index contributed by atoms with van der Waals surface area (Å²) in [5.74, 6) is 0.726. The summed E-state index contributed by atoms with van der Waals surface area (Å²) in [6, 6.07) is 15.5. The first-order valence-electron chi connectivity index (χ1n) is 7.76. The van der Waals surface area contributed by atoms with Crippen LogP contribution in [0.3, 0.4) is 0 Å². The van der Waals surface area contributed by atoms with Gasteiger partial charge in [0.05, 0.1) is 18.1 Å². The van der Waals surface area contributed by atoms with E-state index in [1.54, 1.807) is 0 Å². The fourth-order valence-corrected chi connectivity index (χ4v) is 3.23. The second-order valence-corrected chi connectivity index (χ2v) is 5.89. The predicted molar refractivity (Wildman–Crippen MR) is 88.7 cm³/mol. The monoisotopic (exact) mass is 312 g/mol. The third-order valence-electron chi connectivity index (χ3n) is 4.40. The predicted octanol–water partition coefficient (Wildman–Crippen LogP) is 3.59. The van der Waals surface area contributed by atoms with Crippen molar-refractivity contribution in [2.24, 2.45) is 0 Å². The Bertz CT molecular complexity index is 688. The van der Waals surface area contributed by atoms with E-state index < -0.39 is 0 Å². The molecule has 0 amide bonds. The van der Waals surface area contributed by atoms with Crippen molar-refractivity contribution in [3.8, 4) is 5.75 Å². The van der Waals surface area contributed by atoms with E-state index in [2.05, 4.69) is 17.0 Å². The lowest BCUT2D eigenvalue weighted by Gasteiger charge is -2.16. The van der Waals surface area contributed by atoms with Crippen LogP contribution in [0.5, 0.6) is 5.75 Å². The Morgan fingerprint density at radius 2 is 2.04 bits per heavy atom. The van der Waals surface area contributed by atoms with Crippen LogP contribution in [-0.2, 0) is 6.54 Å². The molecule has 0 aliphatic carbocycles. The molecule has 0 saturated carbocycles. The van der Waals surface area contributed by atoms with Gasteiger partial charge in [-0.3, -0.25) is 15.0 Å². The molecule has 1 atom stereocenters. The van der Waals surface area contributed by atoms with Gasteiger partial charge in [-0.2, -0.15) is 0 Å². The highest BCUT2D eigenvalue weighted by atomic mass is 16.6. The van der Waals surface area contributed by atoms with Gasteiger partial charge in [-0.15, -0.1) is 0 Å². The van der Waals surface area contributed by atoms with Crippen molar-refractivity contribution in [3.05, 3.63) is 69.8 Å². The van der Waals surface area contributed by atoms with Gasteiger partial charge in [0.25, 0.3) is 5.69 Å². The molecule has 0 aromatic heterocycles. The number of benzene rings is 2. The van der Waals surface area contributed by atoms with Gasteiger partial charge in [0.2, 0.25) is 0 Å². The van der Waals surface area contributed by atoms with Crippen LogP contribution in [0.25, 0.3) is 0 Å². The van der Waals surface area contributed by atoms with E-state index >= 15 is 0 Å². The molecule has 3 rings (SSSR count). The van der Waals surface area contributed by atoms with Crippen molar-refractivity contribution in [1.82, 2.24) is 4.90 Å². The standard InChI is InChI=1S/C18H20N2O3/c1-23-16-7-8-17(18(11-16)20(21)22)15-9-10-19(13-15)12-14-5-3-2-4-6-14/h2-8,11,15H,9-10,12-13H2,1H3. The Hall–Kier alpha value is -2.40. The van der Waals surface area contributed by atoms with E-state index in [1.165, 1.54) is 18.7 Å². The molecule has 0 radical (unpaired) electrons. The maximum Gasteiger partial charge on any atom is 0.276 e. The highest BCUT2D eigenvalue weighted by Crippen LogP contribution is 2.36. The maximum absolute atomic E-state index is 11.4. The third kappa shape index (κ3) is 3.51. The number of nitro groups is 1. The second-order valence-electron chi connectivity index (χ2n) is 5.89. The molecule has 5 nitrogen and oxygen atoms in total. The normalized spacial score (nSPS) is 18.0. The SMILES string of the molecule is COc1ccc(C2CCN(Cc3ccccc3)C2)c([N+](=O)[O-])c1. The number of methoxy groups -OCH3 is 1. The summed E-state index contributed by atoms with van der Waals surface area (Å²) >= 11 is 0. The number of likely N-dealkylation sites (tertiary alicyclic amines) is 1. The van der Waals surface area contributed by atoms with E-state index in [0.717, 1.165) is 31.6 Å². The van der Waals surface area contributed by atoms with E-state index in [-0.39, 0.29) is 16.5 Å². The van der Waals surface area contributed by atoms with E-state index in [9.17, 15) is 10.1 Å². The summed E-state index contributed by atoms with van der Waals surface area (Å²) in [5, 5.41) is 11.4. The minimum atomic E-state index is -0.308. The molecule has 1 aliphatic rings. The molecule has 0 N–H and O–H groups in total. The maximum atomic E-state index is 11.4. The molecule has 1 fully saturated rings. The molecular formula is C18H20N2O3. The van der Waals surface area contributed by atoms with Crippen LogP contribution in [0.15, 0.2) is 48.5 Å². The van der Waals surface area contributed by atoms with Crippen LogP contribution in [-0.4, -0.2) is 30.0 Å². The number of nitrogens with zero attached hydrogens (tertiary/aromatic N) is 2. The average molecular weight is 312 g/mol. The smallest absolute Gasteiger partial charge is 0.276 e. The highest BCUT2D eigenvalue weighted by molar-refractivity contribution is 5.48. The van der Waals surface area contributed by atoms with Gasteiger partial charge >= 0.3 is 0 Å². The summed E-state index contributed by atoms with van der Waals surface area (Å²) in [6.07, 6.45) is 0.944. The molecule has 1 saturated heterocycles. The molecule has 1 unspecified atom stereocenters. The van der Waals surface area contributed by atoms with Crippen molar-refractivity contribution in [1.29, 1.82) is 0 Å². The van der Waals surface area contributed by atoms with Crippen molar-refractivity contribution in [2.45, 2.75) is 18.9 Å². The minimum Gasteiger partial charge on any atom is -0.497 e. The lowest BCUT2D eigenvalue weighted by atomic mass is 9.96. The Morgan fingerprint density at radius 3 is 2.74 bits per heavy atom. The van der Waals surface area contributed by atoms with Crippen LogP contribution in [0, 0.1) is 10.1 Å². The zero-order valence-corrected chi connectivity index (χ0v) is 13.1. The Balaban J connectivity index is 1.75. The van der Waals surface area contributed by atoms with Gasteiger partial charge in [0.15, 0.2) is 0 Å². The summed E-state index contributed by atoms with van der Waals surface area (Å²) in [5.41, 5.74) is 2.25. The highest BCUT2D eigenvalue weighted by Gasteiger charge is 2.29. The van der Waals surface area contributed by atoms with Crippen molar-refractivity contribution in [2.75, 3.05) is 20.2 Å². The number of ether oxygens (including phenoxy) is 1. The molecule has 120 valence electrons. The lowest BCUT2D eigenvalue weighted by Crippen LogP contribution is -2.19. The molecule has 2 aromatic rings. The average Bonchev–Trinajstić information content (AvgIpc) is 3.03. The molecule has 1 heterocycles. The number of hydrogen-bond donors (Lipinski definition) is 0. The lowest BCUT2D eigenvalue weighted by molar-refractivity contribution is -0.385. The van der Waals surface area contributed by atoms with Crippen LogP contribution in [0.1, 0.15) is 23.5 Å². The van der Waals surface area contributed by atoms with E-state index in [1.807, 2.05) is 30.3 Å². The molecule has 23 heavy (non-hydrogen) atoms. The minimum absolute atomic E-state index is 0.163. The zero-order chi connectivity index (χ0) is 16.2. The van der Waals surface area contributed by atoms with Crippen molar-refractivity contribution >= 4 is 5.69 Å². The van der Waals surface area contributed by atoms with Gasteiger partial charge in [-0.25, -0.2) is 0 Å². The van der Waals surface area contributed by atoms with Crippen molar-refractivity contribution in [3.63, 3.8) is 0 Å². The van der Waals surface area contributed by atoms with Gasteiger partial charge in [0, 0.05) is 24.6 Å². The number of nitro benzene ring substituents is 1. The van der Waals surface area contributed by atoms with E-state index in [0.29, 0.717) is 5.75 Å². The summed E-state index contributed by atoms with van der Waals surface area (Å²) < 4.78 is 5.11. The van der Waals surface area contributed by atoms with Crippen molar-refractivity contribution < 1.29 is 9.66 Å². The Labute approximate surface area is 135 Å². The van der Waals surface area contributed by atoms with Gasteiger partial charge in [-0.1, -0.05) is 30.3 Å². The molecule has 0 bridgehead atoms. The first-order chi connectivity index (χ1) is 11.2. The molecular weight excluding hydrogens is 292 g/mol. The van der Waals surface area contributed by atoms with Gasteiger partial charge in [-0.05, 0) is 30.7 Å². The zero-order valence-electron chi connectivity index (χ0n) is 13.1. The molecule has 0 spiro atoms.